The summed E-state index contributed by atoms with van der Waals surface area (Å²) in [5.74, 6) is -1.66. The van der Waals surface area contributed by atoms with Crippen LogP contribution in [-0.4, -0.2) is 17.9 Å². The predicted molar refractivity (Wildman–Crippen MR) is 63.1 cm³/mol. The highest BCUT2D eigenvalue weighted by Gasteiger charge is 2.14. The van der Waals surface area contributed by atoms with Crippen LogP contribution in [0.15, 0.2) is 18.2 Å². The van der Waals surface area contributed by atoms with E-state index >= 15 is 0 Å². The molecule has 0 heterocycles. The van der Waals surface area contributed by atoms with E-state index in [2.05, 4.69) is 5.32 Å². The fourth-order valence-electron chi connectivity index (χ4n) is 1.40. The third kappa shape index (κ3) is 4.61. The van der Waals surface area contributed by atoms with Gasteiger partial charge in [-0.3, -0.25) is 4.79 Å². The lowest BCUT2D eigenvalue weighted by atomic mass is 10.1. The Kier molecular flexibility index (Phi) is 4.34. The fraction of sp³-hybridized carbons (Fsp3) is 0.462. The first-order chi connectivity index (χ1) is 7.79. The molecule has 4 heteroatoms. The minimum Gasteiger partial charge on any atom is -0.312 e. The number of ketones is 1. The van der Waals surface area contributed by atoms with Gasteiger partial charge in [-0.25, -0.2) is 8.78 Å². The number of carbonyl (C=O) groups excluding carboxylic acids is 1. The highest BCUT2D eigenvalue weighted by Crippen LogP contribution is 2.12. The number of rotatable bonds is 4. The molecule has 0 spiro atoms. The van der Waals surface area contributed by atoms with E-state index in [1.54, 1.807) is 0 Å². The van der Waals surface area contributed by atoms with Gasteiger partial charge < -0.3 is 5.32 Å². The number of hydrogen-bond donors (Lipinski definition) is 1. The van der Waals surface area contributed by atoms with Crippen LogP contribution in [0.2, 0.25) is 0 Å². The van der Waals surface area contributed by atoms with E-state index in [1.807, 2.05) is 20.8 Å². The van der Waals surface area contributed by atoms with E-state index in [9.17, 15) is 13.6 Å². The van der Waals surface area contributed by atoms with Crippen molar-refractivity contribution in [2.45, 2.75) is 32.7 Å². The summed E-state index contributed by atoms with van der Waals surface area (Å²) in [7, 11) is 0. The molecule has 2 nitrogen and oxygen atoms in total. The van der Waals surface area contributed by atoms with Crippen LogP contribution in [0.25, 0.3) is 0 Å². The van der Waals surface area contributed by atoms with E-state index in [1.165, 1.54) is 0 Å². The summed E-state index contributed by atoms with van der Waals surface area (Å²) < 4.78 is 26.2. The Bertz CT molecular complexity index is 410. The van der Waals surface area contributed by atoms with Gasteiger partial charge >= 0.3 is 0 Å². The first-order valence-electron chi connectivity index (χ1n) is 5.53. The van der Waals surface area contributed by atoms with Gasteiger partial charge in [0.1, 0.15) is 11.6 Å². The molecule has 0 aliphatic carbocycles. The van der Waals surface area contributed by atoms with Crippen molar-refractivity contribution in [3.05, 3.63) is 35.4 Å². The SMILES string of the molecule is CC(C)(C)NCCC(=O)c1cc(F)ccc1F. The lowest BCUT2D eigenvalue weighted by Crippen LogP contribution is -2.37. The molecule has 1 N–H and O–H groups in total. The fourth-order valence-corrected chi connectivity index (χ4v) is 1.40. The zero-order valence-corrected chi connectivity index (χ0v) is 10.3. The molecule has 1 aromatic rings. The Balaban J connectivity index is 2.61. The lowest BCUT2D eigenvalue weighted by Gasteiger charge is -2.20. The van der Waals surface area contributed by atoms with E-state index in [4.69, 9.17) is 0 Å². The van der Waals surface area contributed by atoms with Crippen molar-refractivity contribution in [1.29, 1.82) is 0 Å². The van der Waals surface area contributed by atoms with Crippen LogP contribution in [0, 0.1) is 11.6 Å². The number of Topliss-reactive ketones (excluding diaryl/α,β-unsaturated/α-hetero) is 1. The van der Waals surface area contributed by atoms with Gasteiger partial charge in [0.25, 0.3) is 0 Å². The van der Waals surface area contributed by atoms with Crippen molar-refractivity contribution in [2.75, 3.05) is 6.54 Å². The van der Waals surface area contributed by atoms with Crippen LogP contribution in [0.1, 0.15) is 37.6 Å². The Morgan fingerprint density at radius 2 is 1.94 bits per heavy atom. The molecule has 0 fully saturated rings. The monoisotopic (exact) mass is 241 g/mol. The highest BCUT2D eigenvalue weighted by atomic mass is 19.1. The zero-order chi connectivity index (χ0) is 13.1. The normalized spacial score (nSPS) is 11.6. The molecular formula is C13H17F2NO. The van der Waals surface area contributed by atoms with E-state index in [0.29, 0.717) is 6.54 Å². The molecule has 1 rings (SSSR count). The van der Waals surface area contributed by atoms with Crippen molar-refractivity contribution in [1.82, 2.24) is 5.32 Å². The predicted octanol–water partition coefficient (Wildman–Crippen LogP) is 2.93. The second-order valence-corrected chi connectivity index (χ2v) is 4.97. The van der Waals surface area contributed by atoms with Gasteiger partial charge in [0.15, 0.2) is 5.78 Å². The standard InChI is InChI=1S/C13H17F2NO/c1-13(2,3)16-7-6-12(17)10-8-9(14)4-5-11(10)15/h4-5,8,16H,6-7H2,1-3H3. The maximum absolute atomic E-state index is 13.3. The Hall–Kier alpha value is -1.29. The molecule has 94 valence electrons. The Morgan fingerprint density at radius 1 is 1.29 bits per heavy atom. The van der Waals surface area contributed by atoms with Crippen LogP contribution in [0.3, 0.4) is 0 Å². The summed E-state index contributed by atoms with van der Waals surface area (Å²) in [6, 6.07) is 2.91. The number of benzene rings is 1. The molecule has 0 atom stereocenters. The summed E-state index contributed by atoms with van der Waals surface area (Å²) in [4.78, 5) is 11.7. The van der Waals surface area contributed by atoms with Crippen LogP contribution in [0.4, 0.5) is 8.78 Å². The van der Waals surface area contributed by atoms with E-state index in [0.717, 1.165) is 18.2 Å². The van der Waals surface area contributed by atoms with Crippen LogP contribution < -0.4 is 5.32 Å². The maximum atomic E-state index is 13.3. The summed E-state index contributed by atoms with van der Waals surface area (Å²) in [6.45, 7) is 6.36. The smallest absolute Gasteiger partial charge is 0.167 e. The largest absolute Gasteiger partial charge is 0.312 e. The first kappa shape index (κ1) is 13.8. The highest BCUT2D eigenvalue weighted by molar-refractivity contribution is 5.96. The number of halogens is 2. The van der Waals surface area contributed by atoms with Crippen LogP contribution in [0.5, 0.6) is 0 Å². The summed E-state index contributed by atoms with van der Waals surface area (Å²) in [5.41, 5.74) is -0.276. The first-order valence-corrected chi connectivity index (χ1v) is 5.53. The van der Waals surface area contributed by atoms with Crippen molar-refractivity contribution in [3.63, 3.8) is 0 Å². The third-order valence-electron chi connectivity index (χ3n) is 2.24. The third-order valence-corrected chi connectivity index (χ3v) is 2.24. The molecule has 0 radical (unpaired) electrons. The van der Waals surface area contributed by atoms with Crippen molar-refractivity contribution >= 4 is 5.78 Å². The minimum absolute atomic E-state index is 0.0965. The number of hydrogen-bond acceptors (Lipinski definition) is 2. The molecule has 0 amide bonds. The van der Waals surface area contributed by atoms with Crippen LogP contribution in [-0.2, 0) is 0 Å². The van der Waals surface area contributed by atoms with Gasteiger partial charge in [0, 0.05) is 18.5 Å². The van der Waals surface area contributed by atoms with E-state index < -0.39 is 17.4 Å². The van der Waals surface area contributed by atoms with Crippen molar-refractivity contribution in [2.24, 2.45) is 0 Å². The van der Waals surface area contributed by atoms with Crippen LogP contribution >= 0.6 is 0 Å². The average molecular weight is 241 g/mol. The molecule has 17 heavy (non-hydrogen) atoms. The molecule has 0 saturated heterocycles. The van der Waals surface area contributed by atoms with Gasteiger partial charge in [-0.15, -0.1) is 0 Å². The quantitative estimate of drug-likeness (QED) is 0.821. The van der Waals surface area contributed by atoms with Gasteiger partial charge in [0.2, 0.25) is 0 Å². The topological polar surface area (TPSA) is 29.1 Å². The summed E-state index contributed by atoms with van der Waals surface area (Å²) in [6.07, 6.45) is 0.150. The molecule has 0 aliphatic heterocycles. The lowest BCUT2D eigenvalue weighted by molar-refractivity contribution is 0.0976. The number of nitrogens with one attached hydrogen (secondary N) is 1. The van der Waals surface area contributed by atoms with Gasteiger partial charge in [-0.2, -0.15) is 0 Å². The van der Waals surface area contributed by atoms with Crippen molar-refractivity contribution in [3.8, 4) is 0 Å². The maximum Gasteiger partial charge on any atom is 0.167 e. The zero-order valence-electron chi connectivity index (χ0n) is 10.3. The molecule has 0 aromatic heterocycles. The van der Waals surface area contributed by atoms with Gasteiger partial charge in [0.05, 0.1) is 5.56 Å². The average Bonchev–Trinajstić information content (AvgIpc) is 2.19. The van der Waals surface area contributed by atoms with Gasteiger partial charge in [-0.05, 0) is 39.0 Å². The molecule has 0 saturated carbocycles. The molecule has 1 aromatic carbocycles. The Labute approximate surface area is 100 Å². The van der Waals surface area contributed by atoms with Gasteiger partial charge in [-0.1, -0.05) is 0 Å². The molecular weight excluding hydrogens is 224 g/mol. The minimum atomic E-state index is -0.674. The second-order valence-electron chi connectivity index (χ2n) is 4.97. The van der Waals surface area contributed by atoms with E-state index in [-0.39, 0.29) is 17.5 Å². The molecule has 0 unspecified atom stereocenters. The Morgan fingerprint density at radius 3 is 2.53 bits per heavy atom. The summed E-state index contributed by atoms with van der Waals surface area (Å²) in [5, 5.41) is 3.12. The second kappa shape index (κ2) is 5.36. The number of carbonyl (C=O) groups is 1. The van der Waals surface area contributed by atoms with Crippen molar-refractivity contribution < 1.29 is 13.6 Å². The summed E-state index contributed by atoms with van der Waals surface area (Å²) >= 11 is 0. The molecule has 0 bridgehead atoms. The molecule has 0 aliphatic rings.